The third-order valence-electron chi connectivity index (χ3n) is 7.82. The lowest BCUT2D eigenvalue weighted by atomic mass is 9.84. The van der Waals surface area contributed by atoms with E-state index in [-0.39, 0.29) is 12.2 Å². The highest BCUT2D eigenvalue weighted by atomic mass is 19.1. The molecule has 0 saturated carbocycles. The Morgan fingerprint density at radius 3 is 2.19 bits per heavy atom. The predicted molar refractivity (Wildman–Crippen MR) is 152 cm³/mol. The van der Waals surface area contributed by atoms with E-state index in [9.17, 15) is 0 Å². The third-order valence-corrected chi connectivity index (χ3v) is 7.82. The first-order chi connectivity index (χ1) is 18.2. The molecule has 37 heavy (non-hydrogen) atoms. The Bertz CT molecular complexity index is 863. The number of ether oxygens (including phenoxy) is 2. The van der Waals surface area contributed by atoms with Gasteiger partial charge in [0.15, 0.2) is 6.29 Å². The molecular formula is C33H50FNO2. The molecule has 0 aliphatic carbocycles. The maximum Gasteiger partial charge on any atom is 0.185 e. The summed E-state index contributed by atoms with van der Waals surface area (Å²) >= 11 is 0. The summed E-state index contributed by atoms with van der Waals surface area (Å²) in [4.78, 5) is 4.78. The molecule has 0 spiro atoms. The molecule has 0 bridgehead atoms. The molecule has 1 saturated heterocycles. The van der Waals surface area contributed by atoms with Crippen LogP contribution in [-0.4, -0.2) is 24.4 Å². The number of aromatic nitrogens is 1. The van der Waals surface area contributed by atoms with E-state index in [2.05, 4.69) is 32.0 Å². The van der Waals surface area contributed by atoms with E-state index in [1.54, 1.807) is 0 Å². The second kappa shape index (κ2) is 16.9. The molecule has 1 aromatic heterocycles. The molecule has 3 nitrogen and oxygen atoms in total. The fourth-order valence-corrected chi connectivity index (χ4v) is 5.48. The molecule has 4 heteroatoms. The predicted octanol–water partition coefficient (Wildman–Crippen LogP) is 9.96. The molecule has 2 aromatic rings. The highest BCUT2D eigenvalue weighted by Gasteiger charge is 2.26. The molecule has 1 aliphatic rings. The summed E-state index contributed by atoms with van der Waals surface area (Å²) in [5.41, 5.74) is 3.96. The van der Waals surface area contributed by atoms with Crippen molar-refractivity contribution in [1.29, 1.82) is 0 Å². The van der Waals surface area contributed by atoms with Crippen LogP contribution in [-0.2, 0) is 9.47 Å². The van der Waals surface area contributed by atoms with Crippen LogP contribution in [0.25, 0.3) is 11.3 Å². The van der Waals surface area contributed by atoms with Gasteiger partial charge in [-0.15, -0.1) is 0 Å². The van der Waals surface area contributed by atoms with Crippen LogP contribution in [0, 0.1) is 5.92 Å². The van der Waals surface area contributed by atoms with Crippen molar-refractivity contribution in [3.63, 3.8) is 0 Å². The number of alkyl halides is 1. The molecule has 2 atom stereocenters. The highest BCUT2D eigenvalue weighted by molar-refractivity contribution is 5.64. The van der Waals surface area contributed by atoms with E-state index < -0.39 is 6.17 Å². The topological polar surface area (TPSA) is 31.4 Å². The molecule has 2 heterocycles. The number of pyridine rings is 1. The van der Waals surface area contributed by atoms with E-state index in [1.807, 2.05) is 31.3 Å². The van der Waals surface area contributed by atoms with Gasteiger partial charge >= 0.3 is 0 Å². The maximum absolute atomic E-state index is 15.1. The number of hydrogen-bond donors (Lipinski definition) is 0. The summed E-state index contributed by atoms with van der Waals surface area (Å²) in [5, 5.41) is 0. The summed E-state index contributed by atoms with van der Waals surface area (Å²) in [6.45, 7) is 7.92. The minimum Gasteiger partial charge on any atom is -0.348 e. The summed E-state index contributed by atoms with van der Waals surface area (Å²) < 4.78 is 27.3. The molecule has 1 aromatic carbocycles. The van der Waals surface area contributed by atoms with Crippen LogP contribution < -0.4 is 0 Å². The summed E-state index contributed by atoms with van der Waals surface area (Å²) in [6, 6.07) is 12.3. The molecular weight excluding hydrogens is 461 g/mol. The van der Waals surface area contributed by atoms with Crippen LogP contribution in [0.2, 0.25) is 0 Å². The number of halogens is 1. The minimum absolute atomic E-state index is 0.0897. The fraction of sp³-hybridized carbons (Fsp3) is 0.667. The highest BCUT2D eigenvalue weighted by Crippen LogP contribution is 2.36. The van der Waals surface area contributed by atoms with E-state index in [0.29, 0.717) is 12.3 Å². The maximum atomic E-state index is 15.1. The van der Waals surface area contributed by atoms with Gasteiger partial charge in [0, 0.05) is 29.2 Å². The number of rotatable bonds is 17. The molecule has 0 N–H and O–H groups in total. The summed E-state index contributed by atoms with van der Waals surface area (Å²) in [7, 11) is 0. The van der Waals surface area contributed by atoms with Gasteiger partial charge in [0.25, 0.3) is 0 Å². The van der Waals surface area contributed by atoms with E-state index in [4.69, 9.17) is 14.5 Å². The van der Waals surface area contributed by atoms with Crippen molar-refractivity contribution < 1.29 is 13.9 Å². The Kier molecular flexibility index (Phi) is 13.6. The van der Waals surface area contributed by atoms with Gasteiger partial charge in [0.05, 0.1) is 18.9 Å². The summed E-state index contributed by atoms with van der Waals surface area (Å²) in [6.07, 6.45) is 15.8. The average Bonchev–Trinajstić information content (AvgIpc) is 2.95. The fourth-order valence-electron chi connectivity index (χ4n) is 5.48. The van der Waals surface area contributed by atoms with Crippen molar-refractivity contribution in [3.05, 3.63) is 53.7 Å². The van der Waals surface area contributed by atoms with Crippen LogP contribution in [0.5, 0.6) is 0 Å². The van der Waals surface area contributed by atoms with Crippen molar-refractivity contribution in [2.75, 3.05) is 13.2 Å². The van der Waals surface area contributed by atoms with Crippen LogP contribution in [0.15, 0.2) is 42.6 Å². The van der Waals surface area contributed by atoms with Crippen LogP contribution >= 0.6 is 0 Å². The normalized spacial score (nSPS) is 19.6. The van der Waals surface area contributed by atoms with Gasteiger partial charge in [-0.2, -0.15) is 0 Å². The Hall–Kier alpha value is -1.78. The molecule has 1 fully saturated rings. The number of unbranched alkanes of at least 4 members (excludes halogenated alkanes) is 8. The van der Waals surface area contributed by atoms with Gasteiger partial charge in [0.1, 0.15) is 6.17 Å². The molecule has 3 rings (SSSR count). The van der Waals surface area contributed by atoms with E-state index >= 15 is 4.39 Å². The first kappa shape index (κ1) is 29.8. The number of hydrogen-bond acceptors (Lipinski definition) is 3. The summed E-state index contributed by atoms with van der Waals surface area (Å²) in [5.74, 6) is 0.399. The van der Waals surface area contributed by atoms with Crippen LogP contribution in [0.1, 0.15) is 128 Å². The average molecular weight is 512 g/mol. The van der Waals surface area contributed by atoms with Crippen LogP contribution in [0.4, 0.5) is 4.39 Å². The first-order valence-electron chi connectivity index (χ1n) is 15.1. The van der Waals surface area contributed by atoms with Gasteiger partial charge in [-0.25, -0.2) is 4.39 Å². The third kappa shape index (κ3) is 9.48. The molecule has 0 amide bonds. The van der Waals surface area contributed by atoms with Crippen molar-refractivity contribution >= 4 is 0 Å². The number of benzene rings is 1. The quantitative estimate of drug-likeness (QED) is 0.198. The Balaban J connectivity index is 1.58. The smallest absolute Gasteiger partial charge is 0.185 e. The molecule has 2 unspecified atom stereocenters. The lowest BCUT2D eigenvalue weighted by Gasteiger charge is -2.29. The van der Waals surface area contributed by atoms with Gasteiger partial charge in [0.2, 0.25) is 0 Å². The van der Waals surface area contributed by atoms with Crippen molar-refractivity contribution in [2.24, 2.45) is 5.92 Å². The lowest BCUT2D eigenvalue weighted by Crippen LogP contribution is -2.27. The second-order valence-corrected chi connectivity index (χ2v) is 10.9. The Morgan fingerprint density at radius 2 is 1.51 bits per heavy atom. The van der Waals surface area contributed by atoms with Crippen molar-refractivity contribution in [3.8, 4) is 11.3 Å². The van der Waals surface area contributed by atoms with Gasteiger partial charge in [-0.1, -0.05) is 115 Å². The molecule has 1 aliphatic heterocycles. The zero-order valence-electron chi connectivity index (χ0n) is 23.6. The second-order valence-electron chi connectivity index (χ2n) is 10.9. The zero-order valence-corrected chi connectivity index (χ0v) is 23.6. The SMILES string of the molecule is CCCCCCCCC1COC(c2ccc(-c3ccccc3C(CCCCCC)C(F)CC)nc2)OC1. The monoisotopic (exact) mass is 511 g/mol. The molecule has 0 radical (unpaired) electrons. The van der Waals surface area contributed by atoms with E-state index in [1.165, 1.54) is 64.2 Å². The van der Waals surface area contributed by atoms with Crippen molar-refractivity contribution in [1.82, 2.24) is 4.98 Å². The first-order valence-corrected chi connectivity index (χ1v) is 15.1. The van der Waals surface area contributed by atoms with Gasteiger partial charge < -0.3 is 9.47 Å². The van der Waals surface area contributed by atoms with Gasteiger partial charge in [-0.3, -0.25) is 4.98 Å². The zero-order chi connectivity index (χ0) is 26.3. The Morgan fingerprint density at radius 1 is 0.838 bits per heavy atom. The largest absolute Gasteiger partial charge is 0.348 e. The minimum atomic E-state index is -0.838. The van der Waals surface area contributed by atoms with Crippen LogP contribution in [0.3, 0.4) is 0 Å². The van der Waals surface area contributed by atoms with Gasteiger partial charge in [-0.05, 0) is 30.9 Å². The van der Waals surface area contributed by atoms with E-state index in [0.717, 1.165) is 48.4 Å². The lowest BCUT2D eigenvalue weighted by molar-refractivity contribution is -0.206. The number of nitrogens with zero attached hydrogens (tertiary/aromatic N) is 1. The standard InChI is InChI=1S/C33H50FNO2/c1-4-7-9-11-12-13-17-26-24-36-33(37-25-26)27-21-22-32(35-23-27)30-20-16-15-18-28(30)29(31(34)6-3)19-14-10-8-5-2/h15-16,18,20-23,26,29,31,33H,4-14,17,19,24-25H2,1-3H3. The van der Waals surface area contributed by atoms with Crippen molar-refractivity contribution in [2.45, 2.75) is 123 Å². The molecule has 206 valence electrons. The Labute approximate surface area is 225 Å².